The highest BCUT2D eigenvalue weighted by Crippen LogP contribution is 2.17. The molecule has 1 heterocycles. The molecule has 0 aliphatic carbocycles. The monoisotopic (exact) mass is 279 g/mol. The third-order valence-corrected chi connectivity index (χ3v) is 3.17. The summed E-state index contributed by atoms with van der Waals surface area (Å²) >= 11 is 0. The van der Waals surface area contributed by atoms with Gasteiger partial charge in [-0.1, -0.05) is 6.92 Å². The van der Waals surface area contributed by atoms with Crippen LogP contribution in [0.25, 0.3) is 0 Å². The highest BCUT2D eigenvalue weighted by molar-refractivity contribution is 5.45. The molecule has 0 aromatic carbocycles. The Hall–Kier alpha value is -1.36. The van der Waals surface area contributed by atoms with Crippen LogP contribution in [0.3, 0.4) is 0 Å². The number of rotatable bonds is 8. The smallest absolute Gasteiger partial charge is 0.224 e. The number of likely N-dealkylation sites (N-methyl/N-ethyl adjacent to an activating group) is 2. The summed E-state index contributed by atoms with van der Waals surface area (Å²) in [6.45, 7) is 11.4. The van der Waals surface area contributed by atoms with Crippen LogP contribution in [0.2, 0.25) is 0 Å². The second-order valence-electron chi connectivity index (χ2n) is 5.52. The molecule has 0 bridgehead atoms. The summed E-state index contributed by atoms with van der Waals surface area (Å²) in [5, 5.41) is 3.27. The van der Waals surface area contributed by atoms with Crippen molar-refractivity contribution in [1.29, 1.82) is 0 Å². The molecule has 1 atom stereocenters. The van der Waals surface area contributed by atoms with Crippen LogP contribution in [-0.2, 0) is 0 Å². The molecular formula is C15H29N5. The van der Waals surface area contributed by atoms with E-state index >= 15 is 0 Å². The third kappa shape index (κ3) is 4.96. The van der Waals surface area contributed by atoms with Gasteiger partial charge in [-0.15, -0.1) is 0 Å². The molecule has 0 aliphatic rings. The molecule has 1 aromatic heterocycles. The Kier molecular flexibility index (Phi) is 6.71. The summed E-state index contributed by atoms with van der Waals surface area (Å²) in [4.78, 5) is 13.6. The second-order valence-corrected chi connectivity index (χ2v) is 5.52. The van der Waals surface area contributed by atoms with Crippen molar-refractivity contribution in [1.82, 2.24) is 14.9 Å². The Morgan fingerprint density at radius 3 is 2.50 bits per heavy atom. The average molecular weight is 279 g/mol. The minimum Gasteiger partial charge on any atom is -0.354 e. The molecule has 114 valence electrons. The molecule has 0 spiro atoms. The van der Waals surface area contributed by atoms with Gasteiger partial charge in [-0.3, -0.25) is 0 Å². The molecule has 0 radical (unpaired) electrons. The van der Waals surface area contributed by atoms with Crippen molar-refractivity contribution in [2.24, 2.45) is 0 Å². The summed E-state index contributed by atoms with van der Waals surface area (Å²) in [7, 11) is 4.20. The van der Waals surface area contributed by atoms with Gasteiger partial charge in [0.15, 0.2) is 0 Å². The van der Waals surface area contributed by atoms with Crippen LogP contribution in [0.4, 0.5) is 11.8 Å². The Labute approximate surface area is 123 Å². The maximum absolute atomic E-state index is 4.66. The first-order valence-corrected chi connectivity index (χ1v) is 7.48. The van der Waals surface area contributed by atoms with Crippen molar-refractivity contribution in [3.63, 3.8) is 0 Å². The van der Waals surface area contributed by atoms with E-state index < -0.39 is 0 Å². The van der Waals surface area contributed by atoms with Gasteiger partial charge in [0.1, 0.15) is 5.82 Å². The van der Waals surface area contributed by atoms with Crippen molar-refractivity contribution in [3.8, 4) is 0 Å². The summed E-state index contributed by atoms with van der Waals surface area (Å²) < 4.78 is 0. The Bertz CT molecular complexity index is 405. The van der Waals surface area contributed by atoms with Gasteiger partial charge in [0.05, 0.1) is 0 Å². The number of nitrogens with one attached hydrogen (secondary N) is 1. The average Bonchev–Trinajstić information content (AvgIpc) is 2.35. The molecule has 1 N–H and O–H groups in total. The van der Waals surface area contributed by atoms with Gasteiger partial charge in [0.25, 0.3) is 0 Å². The van der Waals surface area contributed by atoms with Gasteiger partial charge < -0.3 is 15.1 Å². The minimum atomic E-state index is 0.420. The van der Waals surface area contributed by atoms with Gasteiger partial charge in [-0.05, 0) is 41.3 Å². The third-order valence-electron chi connectivity index (χ3n) is 3.17. The number of aryl methyl sites for hydroxylation is 1. The van der Waals surface area contributed by atoms with Crippen molar-refractivity contribution < 1.29 is 0 Å². The fraction of sp³-hybridized carbons (Fsp3) is 0.733. The van der Waals surface area contributed by atoms with E-state index in [1.165, 1.54) is 0 Å². The second kappa shape index (κ2) is 8.04. The van der Waals surface area contributed by atoms with E-state index in [2.05, 4.69) is 66.0 Å². The van der Waals surface area contributed by atoms with E-state index in [-0.39, 0.29) is 0 Å². The summed E-state index contributed by atoms with van der Waals surface area (Å²) in [6.07, 6.45) is 1.07. The van der Waals surface area contributed by atoms with Gasteiger partial charge >= 0.3 is 0 Å². The van der Waals surface area contributed by atoms with E-state index in [0.717, 1.165) is 43.5 Å². The van der Waals surface area contributed by atoms with Crippen LogP contribution in [0.15, 0.2) is 6.07 Å². The van der Waals surface area contributed by atoms with Gasteiger partial charge in [-0.25, -0.2) is 4.98 Å². The van der Waals surface area contributed by atoms with Crippen molar-refractivity contribution in [2.75, 3.05) is 43.9 Å². The molecule has 20 heavy (non-hydrogen) atoms. The first kappa shape index (κ1) is 16.7. The molecule has 1 unspecified atom stereocenters. The van der Waals surface area contributed by atoms with Gasteiger partial charge in [-0.2, -0.15) is 4.98 Å². The number of nitrogens with zero attached hydrogens (tertiary/aromatic N) is 4. The summed E-state index contributed by atoms with van der Waals surface area (Å²) in [6, 6.07) is 2.48. The minimum absolute atomic E-state index is 0.420. The fourth-order valence-electron chi connectivity index (χ4n) is 2.34. The van der Waals surface area contributed by atoms with E-state index in [1.807, 2.05) is 6.92 Å². The van der Waals surface area contributed by atoms with E-state index in [1.54, 1.807) is 0 Å². The van der Waals surface area contributed by atoms with E-state index in [4.69, 9.17) is 0 Å². The van der Waals surface area contributed by atoms with E-state index in [0.29, 0.717) is 6.04 Å². The Balaban J connectivity index is 2.93. The first-order valence-electron chi connectivity index (χ1n) is 7.48. The van der Waals surface area contributed by atoms with Crippen LogP contribution in [-0.4, -0.2) is 54.6 Å². The number of aromatic nitrogens is 2. The molecule has 1 rings (SSSR count). The molecule has 1 aromatic rings. The van der Waals surface area contributed by atoms with Crippen LogP contribution in [0.1, 0.15) is 32.9 Å². The standard InChI is InChI=1S/C15H29N5/c1-7-9-16-15-17-12(3)10-14(18-15)20(8-2)13(4)11-19(5)6/h10,13H,7-9,11H2,1-6H3,(H,16,17,18). The number of hydrogen-bond donors (Lipinski definition) is 1. The van der Waals surface area contributed by atoms with Crippen molar-refractivity contribution in [3.05, 3.63) is 11.8 Å². The lowest BCUT2D eigenvalue weighted by Crippen LogP contribution is -2.40. The zero-order valence-electron chi connectivity index (χ0n) is 13.8. The molecule has 0 saturated carbocycles. The maximum Gasteiger partial charge on any atom is 0.224 e. The van der Waals surface area contributed by atoms with Gasteiger partial charge in [0.2, 0.25) is 5.95 Å². The Morgan fingerprint density at radius 2 is 1.95 bits per heavy atom. The molecule has 5 heteroatoms. The predicted molar refractivity (Wildman–Crippen MR) is 86.6 cm³/mol. The maximum atomic E-state index is 4.66. The predicted octanol–water partition coefficient (Wildman–Crippen LogP) is 2.38. The van der Waals surface area contributed by atoms with Crippen LogP contribution in [0, 0.1) is 6.92 Å². The normalized spacial score (nSPS) is 12.6. The largest absolute Gasteiger partial charge is 0.354 e. The quantitative estimate of drug-likeness (QED) is 0.791. The summed E-state index contributed by atoms with van der Waals surface area (Å²) in [5.41, 5.74) is 1.00. The zero-order valence-corrected chi connectivity index (χ0v) is 13.8. The highest BCUT2D eigenvalue weighted by atomic mass is 15.3. The van der Waals surface area contributed by atoms with Crippen LogP contribution < -0.4 is 10.2 Å². The molecule has 0 saturated heterocycles. The lowest BCUT2D eigenvalue weighted by molar-refractivity contribution is 0.372. The van der Waals surface area contributed by atoms with Crippen LogP contribution >= 0.6 is 0 Å². The molecule has 0 amide bonds. The van der Waals surface area contributed by atoms with Crippen LogP contribution in [0.5, 0.6) is 0 Å². The molecule has 0 fully saturated rings. The van der Waals surface area contributed by atoms with Crippen molar-refractivity contribution in [2.45, 2.75) is 40.2 Å². The lowest BCUT2D eigenvalue weighted by atomic mass is 10.2. The topological polar surface area (TPSA) is 44.3 Å². The first-order chi connectivity index (χ1) is 9.47. The van der Waals surface area contributed by atoms with Gasteiger partial charge in [0, 0.05) is 37.4 Å². The SMILES string of the molecule is CCCNc1nc(C)cc(N(CC)C(C)CN(C)C)n1. The number of anilines is 2. The lowest BCUT2D eigenvalue weighted by Gasteiger charge is -2.31. The van der Waals surface area contributed by atoms with Crippen molar-refractivity contribution >= 4 is 11.8 Å². The van der Waals surface area contributed by atoms with E-state index in [9.17, 15) is 0 Å². The molecule has 0 aliphatic heterocycles. The number of hydrogen-bond acceptors (Lipinski definition) is 5. The highest BCUT2D eigenvalue weighted by Gasteiger charge is 2.16. The fourth-order valence-corrected chi connectivity index (χ4v) is 2.34. The summed E-state index contributed by atoms with van der Waals surface area (Å²) in [5.74, 6) is 1.74. The molecular weight excluding hydrogens is 250 g/mol. The zero-order chi connectivity index (χ0) is 15.1. The Morgan fingerprint density at radius 1 is 1.25 bits per heavy atom. The molecule has 5 nitrogen and oxygen atoms in total.